The van der Waals surface area contributed by atoms with Crippen molar-refractivity contribution in [3.05, 3.63) is 70.6 Å². The van der Waals surface area contributed by atoms with Crippen LogP contribution >= 0.6 is 11.6 Å². The average molecular weight is 370 g/mol. The van der Waals surface area contributed by atoms with Gasteiger partial charge in [0.15, 0.2) is 5.82 Å². The predicted octanol–water partition coefficient (Wildman–Crippen LogP) is 2.84. The van der Waals surface area contributed by atoms with Crippen molar-refractivity contribution in [2.45, 2.75) is 6.92 Å². The average Bonchev–Trinajstić information content (AvgIpc) is 3.05. The highest BCUT2D eigenvalue weighted by molar-refractivity contribution is 6.34. The SMILES string of the molecule is CNC(=O)c1ccc(Cl)c(NC(=O)c2cnn(-c3ccccn3)c2C)c1. The third kappa shape index (κ3) is 3.43. The maximum absolute atomic E-state index is 12.6. The number of nitrogens with one attached hydrogen (secondary N) is 2. The van der Waals surface area contributed by atoms with Gasteiger partial charge in [0.05, 0.1) is 28.2 Å². The number of carbonyl (C=O) groups excluding carboxylic acids is 2. The van der Waals surface area contributed by atoms with Crippen LogP contribution in [0.2, 0.25) is 5.02 Å². The highest BCUT2D eigenvalue weighted by atomic mass is 35.5. The van der Waals surface area contributed by atoms with Gasteiger partial charge in [-0.25, -0.2) is 9.67 Å². The molecule has 132 valence electrons. The molecule has 0 saturated carbocycles. The standard InChI is InChI=1S/C18H16ClN5O2/c1-11-13(10-22-24(11)16-5-3-4-8-21-16)18(26)23-15-9-12(17(25)20-2)6-7-14(15)19/h3-10H,1-2H3,(H,20,25)(H,23,26). The lowest BCUT2D eigenvalue weighted by Gasteiger charge is -2.09. The molecule has 2 amide bonds. The van der Waals surface area contributed by atoms with Crippen LogP contribution in [-0.4, -0.2) is 33.6 Å². The fourth-order valence-corrected chi connectivity index (χ4v) is 2.60. The number of rotatable bonds is 4. The van der Waals surface area contributed by atoms with Crippen molar-refractivity contribution < 1.29 is 9.59 Å². The molecule has 2 aromatic heterocycles. The minimum Gasteiger partial charge on any atom is -0.355 e. The normalized spacial score (nSPS) is 10.4. The first-order chi connectivity index (χ1) is 12.5. The number of benzene rings is 1. The van der Waals surface area contributed by atoms with E-state index in [4.69, 9.17) is 11.6 Å². The second-order valence-electron chi connectivity index (χ2n) is 5.47. The topological polar surface area (TPSA) is 88.9 Å². The third-order valence-corrected chi connectivity index (χ3v) is 4.15. The lowest BCUT2D eigenvalue weighted by Crippen LogP contribution is -2.19. The number of pyridine rings is 1. The Hall–Kier alpha value is -3.19. The molecule has 0 aliphatic rings. The number of hydrogen-bond acceptors (Lipinski definition) is 4. The van der Waals surface area contributed by atoms with Gasteiger partial charge in [-0.3, -0.25) is 9.59 Å². The van der Waals surface area contributed by atoms with Crippen LogP contribution in [0.3, 0.4) is 0 Å². The van der Waals surface area contributed by atoms with E-state index in [0.717, 1.165) is 0 Å². The first-order valence-corrected chi connectivity index (χ1v) is 8.18. The molecule has 0 spiro atoms. The highest BCUT2D eigenvalue weighted by Gasteiger charge is 2.17. The summed E-state index contributed by atoms with van der Waals surface area (Å²) >= 11 is 6.14. The number of halogens is 1. The van der Waals surface area contributed by atoms with Gasteiger partial charge in [-0.1, -0.05) is 17.7 Å². The zero-order valence-corrected chi connectivity index (χ0v) is 14.9. The third-order valence-electron chi connectivity index (χ3n) is 3.82. The summed E-state index contributed by atoms with van der Waals surface area (Å²) in [6, 6.07) is 10.1. The summed E-state index contributed by atoms with van der Waals surface area (Å²) in [6.07, 6.45) is 3.12. The number of hydrogen-bond donors (Lipinski definition) is 2. The highest BCUT2D eigenvalue weighted by Crippen LogP contribution is 2.24. The zero-order chi connectivity index (χ0) is 18.7. The van der Waals surface area contributed by atoms with Crippen LogP contribution in [-0.2, 0) is 0 Å². The minimum absolute atomic E-state index is 0.267. The van der Waals surface area contributed by atoms with Crippen LogP contribution < -0.4 is 10.6 Å². The van der Waals surface area contributed by atoms with Crippen LogP contribution in [0, 0.1) is 6.92 Å². The fourth-order valence-electron chi connectivity index (χ4n) is 2.44. The number of aromatic nitrogens is 3. The number of amides is 2. The molecule has 0 radical (unpaired) electrons. The van der Waals surface area contributed by atoms with E-state index in [9.17, 15) is 9.59 Å². The molecular weight excluding hydrogens is 354 g/mol. The summed E-state index contributed by atoms with van der Waals surface area (Å²) < 4.78 is 1.58. The van der Waals surface area contributed by atoms with Gasteiger partial charge in [0, 0.05) is 18.8 Å². The molecule has 26 heavy (non-hydrogen) atoms. The second-order valence-corrected chi connectivity index (χ2v) is 5.88. The van der Waals surface area contributed by atoms with E-state index >= 15 is 0 Å². The van der Waals surface area contributed by atoms with Crippen LogP contribution in [0.1, 0.15) is 26.4 Å². The number of nitrogens with zero attached hydrogens (tertiary/aromatic N) is 3. The monoisotopic (exact) mass is 369 g/mol. The predicted molar refractivity (Wildman–Crippen MR) is 98.9 cm³/mol. The molecule has 0 fully saturated rings. The minimum atomic E-state index is -0.374. The Balaban J connectivity index is 1.88. The molecule has 3 aromatic rings. The molecule has 8 heteroatoms. The maximum atomic E-state index is 12.6. The Morgan fingerprint density at radius 1 is 1.15 bits per heavy atom. The van der Waals surface area contributed by atoms with E-state index in [1.165, 1.54) is 19.3 Å². The molecule has 0 unspecified atom stereocenters. The van der Waals surface area contributed by atoms with Crippen molar-refractivity contribution in [1.82, 2.24) is 20.1 Å². The molecule has 2 heterocycles. The van der Waals surface area contributed by atoms with Crippen LogP contribution in [0.4, 0.5) is 5.69 Å². The summed E-state index contributed by atoms with van der Waals surface area (Å²) in [4.78, 5) is 28.6. The summed E-state index contributed by atoms with van der Waals surface area (Å²) in [5, 5.41) is 9.82. The summed E-state index contributed by atoms with van der Waals surface area (Å²) in [5.74, 6) is -0.0272. The van der Waals surface area contributed by atoms with E-state index in [2.05, 4.69) is 20.7 Å². The number of anilines is 1. The quantitative estimate of drug-likeness (QED) is 0.740. The van der Waals surface area contributed by atoms with Crippen molar-refractivity contribution in [2.24, 2.45) is 0 Å². The fraction of sp³-hybridized carbons (Fsp3) is 0.111. The van der Waals surface area contributed by atoms with Crippen LogP contribution in [0.25, 0.3) is 5.82 Å². The van der Waals surface area contributed by atoms with Gasteiger partial charge >= 0.3 is 0 Å². The van der Waals surface area contributed by atoms with Crippen LogP contribution in [0.15, 0.2) is 48.8 Å². The molecule has 0 bridgehead atoms. The van der Waals surface area contributed by atoms with Gasteiger partial charge in [-0.2, -0.15) is 5.10 Å². The zero-order valence-electron chi connectivity index (χ0n) is 14.2. The first-order valence-electron chi connectivity index (χ1n) is 7.80. The largest absolute Gasteiger partial charge is 0.355 e. The number of carbonyl (C=O) groups is 2. The molecule has 0 aliphatic carbocycles. The van der Waals surface area contributed by atoms with Crippen LogP contribution in [0.5, 0.6) is 0 Å². The first kappa shape index (κ1) is 17.6. The molecule has 2 N–H and O–H groups in total. The van der Waals surface area contributed by atoms with E-state index in [1.807, 2.05) is 6.07 Å². The van der Waals surface area contributed by atoms with Crippen molar-refractivity contribution >= 4 is 29.1 Å². The van der Waals surface area contributed by atoms with Crippen molar-refractivity contribution in [1.29, 1.82) is 0 Å². The van der Waals surface area contributed by atoms with Crippen molar-refractivity contribution in [3.8, 4) is 5.82 Å². The van der Waals surface area contributed by atoms with E-state index in [0.29, 0.717) is 33.3 Å². The molecule has 0 atom stereocenters. The van der Waals surface area contributed by atoms with Gasteiger partial charge in [0.1, 0.15) is 0 Å². The van der Waals surface area contributed by atoms with E-state index < -0.39 is 0 Å². The Labute approximate surface area is 155 Å². The Morgan fingerprint density at radius 2 is 1.96 bits per heavy atom. The molecule has 1 aromatic carbocycles. The smallest absolute Gasteiger partial charge is 0.259 e. The van der Waals surface area contributed by atoms with E-state index in [1.54, 1.807) is 42.1 Å². The van der Waals surface area contributed by atoms with Gasteiger partial charge in [0.25, 0.3) is 11.8 Å². The van der Waals surface area contributed by atoms with E-state index in [-0.39, 0.29) is 11.8 Å². The lowest BCUT2D eigenvalue weighted by molar-refractivity contribution is 0.0961. The molecule has 0 saturated heterocycles. The summed E-state index contributed by atoms with van der Waals surface area (Å²) in [6.45, 7) is 1.78. The van der Waals surface area contributed by atoms with Gasteiger partial charge in [-0.15, -0.1) is 0 Å². The lowest BCUT2D eigenvalue weighted by atomic mass is 10.1. The van der Waals surface area contributed by atoms with Crippen molar-refractivity contribution in [3.63, 3.8) is 0 Å². The van der Waals surface area contributed by atoms with Gasteiger partial charge in [0.2, 0.25) is 0 Å². The molecule has 3 rings (SSSR count). The summed E-state index contributed by atoms with van der Waals surface area (Å²) in [5.41, 5.74) is 1.77. The maximum Gasteiger partial charge on any atom is 0.259 e. The molecular formula is C18H16ClN5O2. The molecule has 0 aliphatic heterocycles. The van der Waals surface area contributed by atoms with Gasteiger partial charge < -0.3 is 10.6 Å². The Bertz CT molecular complexity index is 969. The second kappa shape index (κ2) is 7.37. The Morgan fingerprint density at radius 3 is 2.65 bits per heavy atom. The van der Waals surface area contributed by atoms with Crippen molar-refractivity contribution in [2.75, 3.05) is 12.4 Å². The Kier molecular flexibility index (Phi) is 4.99. The van der Waals surface area contributed by atoms with Gasteiger partial charge in [-0.05, 0) is 37.3 Å². The molecule has 7 nitrogen and oxygen atoms in total. The summed E-state index contributed by atoms with van der Waals surface area (Å²) in [7, 11) is 1.53.